The summed E-state index contributed by atoms with van der Waals surface area (Å²) in [6.45, 7) is 0. The number of rotatable bonds is 4. The molecule has 8 aromatic rings. The molecule has 0 spiro atoms. The average molecular weight is 823 g/mol. The molecule has 0 aliphatic heterocycles. The molecule has 8 rings (SSSR count). The van der Waals surface area contributed by atoms with Crippen LogP contribution in [0.1, 0.15) is 0 Å². The summed E-state index contributed by atoms with van der Waals surface area (Å²) >= 11 is -1.72. The largest absolute Gasteiger partial charge is 0.501 e. The maximum Gasteiger partial charge on any atom is 0.120 e. The van der Waals surface area contributed by atoms with E-state index in [4.69, 9.17) is 9.40 Å². The number of benzene rings is 5. The molecule has 0 unspecified atom stereocenters. The van der Waals surface area contributed by atoms with Crippen LogP contribution < -0.4 is 4.40 Å². The van der Waals surface area contributed by atoms with E-state index in [1.54, 1.807) is 0 Å². The van der Waals surface area contributed by atoms with Crippen molar-refractivity contribution in [1.82, 2.24) is 14.5 Å². The molecular formula is C39H31GeIrN3O-2. The average Bonchev–Trinajstić information content (AvgIpc) is 3.64. The molecule has 223 valence electrons. The molecule has 3 aromatic heterocycles. The van der Waals surface area contributed by atoms with Crippen LogP contribution in [0, 0.1) is 12.1 Å². The van der Waals surface area contributed by atoms with E-state index < -0.39 is 13.3 Å². The Morgan fingerprint density at radius 1 is 0.689 bits per heavy atom. The summed E-state index contributed by atoms with van der Waals surface area (Å²) in [5, 5.41) is 2.19. The molecule has 0 atom stereocenters. The van der Waals surface area contributed by atoms with E-state index in [1.165, 1.54) is 4.40 Å². The fourth-order valence-electron chi connectivity index (χ4n) is 5.44. The van der Waals surface area contributed by atoms with Crippen LogP contribution in [0.3, 0.4) is 0 Å². The van der Waals surface area contributed by atoms with Gasteiger partial charge in [0.2, 0.25) is 0 Å². The molecule has 0 saturated carbocycles. The van der Waals surface area contributed by atoms with Gasteiger partial charge in [0.05, 0.1) is 22.4 Å². The molecule has 5 aromatic carbocycles. The van der Waals surface area contributed by atoms with Gasteiger partial charge in [0.25, 0.3) is 0 Å². The van der Waals surface area contributed by atoms with Gasteiger partial charge in [0, 0.05) is 31.2 Å². The Bertz CT molecular complexity index is 2200. The van der Waals surface area contributed by atoms with Crippen molar-refractivity contribution in [1.29, 1.82) is 0 Å². The molecule has 3 heterocycles. The fraction of sp³-hybridized carbons (Fsp3) is 0.0769. The van der Waals surface area contributed by atoms with Gasteiger partial charge in [0.15, 0.2) is 0 Å². The SMILES string of the molecule is [CH3][Ge]([CH3])([CH3])[c]1ccc(-c2[c-]cccc2)nc1.[Ir].[c-]1ccc2c(oc3ccccc32)c1-c1nc2ccccc2n1-c1ccccc1. The summed E-state index contributed by atoms with van der Waals surface area (Å²) in [6.07, 6.45) is 2.04. The zero-order valence-corrected chi connectivity index (χ0v) is 29.8. The third-order valence-electron chi connectivity index (χ3n) is 7.75. The minimum absolute atomic E-state index is 0. The molecule has 0 aliphatic rings. The molecular weight excluding hydrogens is 791 g/mol. The Kier molecular flexibility index (Phi) is 8.86. The van der Waals surface area contributed by atoms with Gasteiger partial charge in [0.1, 0.15) is 5.58 Å². The molecule has 4 nitrogen and oxygen atoms in total. The number of nitrogens with zero attached hydrogens (tertiary/aromatic N) is 3. The number of aromatic nitrogens is 3. The van der Waals surface area contributed by atoms with Gasteiger partial charge < -0.3 is 8.98 Å². The van der Waals surface area contributed by atoms with Gasteiger partial charge in [-0.05, 0) is 30.3 Å². The zero-order valence-electron chi connectivity index (χ0n) is 25.3. The second kappa shape index (κ2) is 13.0. The standard InChI is InChI=1S/C25H15N2O.C14H16GeN.Ir/c1-2-9-17(10-3-1)27-22-15-6-5-14-21(22)26-25(27)20-13-8-12-19-18-11-4-7-16-23(18)28-24(19)20;1-15(2,3)13-9-10-14(16-11-13)12-7-5-4-6-8-12;/h1-12,14-16H;4-7,9-11H,1-3H3;/q2*-1;. The maximum atomic E-state index is 6.24. The topological polar surface area (TPSA) is 43.9 Å². The minimum atomic E-state index is -1.72. The Morgan fingerprint density at radius 2 is 1.44 bits per heavy atom. The number of hydrogen-bond donors (Lipinski definition) is 0. The van der Waals surface area contributed by atoms with Crippen molar-refractivity contribution in [2.24, 2.45) is 0 Å². The Labute approximate surface area is 279 Å². The van der Waals surface area contributed by atoms with Crippen molar-refractivity contribution in [3.8, 4) is 28.3 Å². The first-order chi connectivity index (χ1) is 21.5. The van der Waals surface area contributed by atoms with Gasteiger partial charge in [-0.15, -0.1) is 18.2 Å². The van der Waals surface area contributed by atoms with E-state index in [-0.39, 0.29) is 20.1 Å². The van der Waals surface area contributed by atoms with Gasteiger partial charge in [-0.1, -0.05) is 59.5 Å². The third-order valence-corrected chi connectivity index (χ3v) is 12.0. The quantitative estimate of drug-likeness (QED) is 0.131. The number of pyridine rings is 1. The number of fused-ring (bicyclic) bond motifs is 4. The minimum Gasteiger partial charge on any atom is -0.501 e. The second-order valence-electron chi connectivity index (χ2n) is 11.7. The zero-order chi connectivity index (χ0) is 30.1. The van der Waals surface area contributed by atoms with Crippen molar-refractivity contribution in [3.63, 3.8) is 0 Å². The number of hydrogen-bond acceptors (Lipinski definition) is 3. The van der Waals surface area contributed by atoms with E-state index in [9.17, 15) is 0 Å². The van der Waals surface area contributed by atoms with Crippen molar-refractivity contribution in [2.75, 3.05) is 0 Å². The van der Waals surface area contributed by atoms with Gasteiger partial charge in [-0.3, -0.25) is 4.98 Å². The van der Waals surface area contributed by atoms with Crippen LogP contribution in [-0.2, 0) is 20.1 Å². The Hall–Kier alpha value is -4.29. The van der Waals surface area contributed by atoms with Gasteiger partial charge >= 0.3 is 99.8 Å². The van der Waals surface area contributed by atoms with Crippen molar-refractivity contribution >= 4 is 50.6 Å². The third kappa shape index (κ3) is 6.17. The predicted octanol–water partition coefficient (Wildman–Crippen LogP) is 9.48. The van der Waals surface area contributed by atoms with Gasteiger partial charge in [-0.25, -0.2) is 0 Å². The molecule has 0 fully saturated rings. The summed E-state index contributed by atoms with van der Waals surface area (Å²) in [4.78, 5) is 9.48. The maximum absolute atomic E-state index is 6.24. The molecule has 45 heavy (non-hydrogen) atoms. The van der Waals surface area contributed by atoms with Crippen LogP contribution in [-0.4, -0.2) is 27.8 Å². The number of furan rings is 1. The normalized spacial score (nSPS) is 11.3. The first-order valence-electron chi connectivity index (χ1n) is 14.8. The Morgan fingerprint density at radius 3 is 2.20 bits per heavy atom. The molecule has 0 saturated heterocycles. The fourth-order valence-corrected chi connectivity index (χ4v) is 7.61. The van der Waals surface area contributed by atoms with Crippen LogP contribution in [0.4, 0.5) is 0 Å². The van der Waals surface area contributed by atoms with E-state index in [1.807, 2.05) is 91.1 Å². The molecule has 0 aliphatic carbocycles. The second-order valence-corrected chi connectivity index (χ2v) is 22.4. The molecule has 0 N–H and O–H groups in total. The van der Waals surface area contributed by atoms with Crippen LogP contribution in [0.25, 0.3) is 61.3 Å². The molecule has 6 heteroatoms. The van der Waals surface area contributed by atoms with Gasteiger partial charge in [-0.2, -0.15) is 0 Å². The molecule has 0 bridgehead atoms. The van der Waals surface area contributed by atoms with Crippen molar-refractivity contribution in [3.05, 3.63) is 146 Å². The smallest absolute Gasteiger partial charge is 0.120 e. The summed E-state index contributed by atoms with van der Waals surface area (Å²) < 4.78 is 9.86. The van der Waals surface area contributed by atoms with E-state index in [0.717, 1.165) is 61.3 Å². The summed E-state index contributed by atoms with van der Waals surface area (Å²) in [7, 11) is 0. The summed E-state index contributed by atoms with van der Waals surface area (Å²) in [6, 6.07) is 49.5. The van der Waals surface area contributed by atoms with Crippen LogP contribution in [0.2, 0.25) is 17.3 Å². The molecule has 0 amide bonds. The van der Waals surface area contributed by atoms with E-state index in [0.29, 0.717) is 0 Å². The van der Waals surface area contributed by atoms with E-state index in [2.05, 4.69) is 81.4 Å². The van der Waals surface area contributed by atoms with Crippen LogP contribution in [0.15, 0.2) is 138 Å². The monoisotopic (exact) mass is 824 g/mol. The first-order valence-corrected chi connectivity index (χ1v) is 22.1. The van der Waals surface area contributed by atoms with Crippen LogP contribution in [0.5, 0.6) is 0 Å². The van der Waals surface area contributed by atoms with Crippen molar-refractivity contribution < 1.29 is 24.5 Å². The predicted molar refractivity (Wildman–Crippen MR) is 184 cm³/mol. The Balaban J connectivity index is 0.000000181. The number of imidazole rings is 1. The summed E-state index contributed by atoms with van der Waals surface area (Å²) in [5.74, 6) is 7.97. The number of para-hydroxylation sites is 4. The first kappa shape index (κ1) is 30.7. The molecule has 1 radical (unpaired) electrons. The van der Waals surface area contributed by atoms with Crippen molar-refractivity contribution in [2.45, 2.75) is 17.3 Å². The summed E-state index contributed by atoms with van der Waals surface area (Å²) in [5.41, 5.74) is 7.71. The van der Waals surface area contributed by atoms with E-state index >= 15 is 0 Å². The van der Waals surface area contributed by atoms with Crippen LogP contribution >= 0.6 is 0 Å².